The van der Waals surface area contributed by atoms with Gasteiger partial charge in [0.1, 0.15) is 0 Å². The Labute approximate surface area is 182 Å². The van der Waals surface area contributed by atoms with Gasteiger partial charge in [-0.1, -0.05) is 54.6 Å². The summed E-state index contributed by atoms with van der Waals surface area (Å²) in [6, 6.07) is 20.0. The maximum absolute atomic E-state index is 12.5. The van der Waals surface area contributed by atoms with Crippen LogP contribution in [0, 0.1) is 0 Å². The number of carbonyl (C=O) groups is 2. The molecule has 2 amide bonds. The van der Waals surface area contributed by atoms with E-state index in [0.29, 0.717) is 26.2 Å². The second-order valence-corrected chi connectivity index (χ2v) is 7.66. The Hall–Kier alpha value is -3.45. The van der Waals surface area contributed by atoms with Crippen LogP contribution in [0.2, 0.25) is 0 Å². The van der Waals surface area contributed by atoms with E-state index >= 15 is 0 Å². The van der Waals surface area contributed by atoms with Gasteiger partial charge in [0.15, 0.2) is 0 Å². The SMILES string of the molecule is O=C(C[C@H]1C(=O)NCCN1Cc1ccc(-c2ccccc2)cc1)NCCn1cccn1. The minimum Gasteiger partial charge on any atom is -0.354 e. The van der Waals surface area contributed by atoms with Gasteiger partial charge in [-0.25, -0.2) is 0 Å². The third-order valence-electron chi connectivity index (χ3n) is 5.49. The molecule has 7 heteroatoms. The average Bonchev–Trinajstić information content (AvgIpc) is 3.31. The van der Waals surface area contributed by atoms with Crippen LogP contribution in [0.5, 0.6) is 0 Å². The minimum atomic E-state index is -0.466. The van der Waals surface area contributed by atoms with Gasteiger partial charge in [-0.05, 0) is 22.8 Å². The zero-order valence-corrected chi connectivity index (χ0v) is 17.4. The van der Waals surface area contributed by atoms with Crippen LogP contribution in [-0.4, -0.2) is 52.2 Å². The molecule has 0 radical (unpaired) electrons. The summed E-state index contributed by atoms with van der Waals surface area (Å²) in [7, 11) is 0. The molecule has 1 aliphatic heterocycles. The number of piperazine rings is 1. The van der Waals surface area contributed by atoms with Gasteiger partial charge in [0.05, 0.1) is 19.0 Å². The highest BCUT2D eigenvalue weighted by Crippen LogP contribution is 2.21. The van der Waals surface area contributed by atoms with E-state index < -0.39 is 6.04 Å². The first-order valence-electron chi connectivity index (χ1n) is 10.6. The van der Waals surface area contributed by atoms with Gasteiger partial charge in [0, 0.05) is 38.6 Å². The molecule has 1 fully saturated rings. The van der Waals surface area contributed by atoms with E-state index in [0.717, 1.165) is 17.7 Å². The number of hydrogen-bond donors (Lipinski definition) is 2. The topological polar surface area (TPSA) is 79.3 Å². The number of nitrogens with one attached hydrogen (secondary N) is 2. The summed E-state index contributed by atoms with van der Waals surface area (Å²) >= 11 is 0. The third-order valence-corrected chi connectivity index (χ3v) is 5.49. The normalized spacial score (nSPS) is 16.6. The summed E-state index contributed by atoms with van der Waals surface area (Å²) in [5, 5.41) is 9.90. The Kier molecular flexibility index (Phi) is 6.74. The van der Waals surface area contributed by atoms with E-state index in [-0.39, 0.29) is 18.2 Å². The van der Waals surface area contributed by atoms with Crippen molar-refractivity contribution in [1.29, 1.82) is 0 Å². The van der Waals surface area contributed by atoms with Crippen LogP contribution >= 0.6 is 0 Å². The van der Waals surface area contributed by atoms with Crippen LogP contribution in [0.25, 0.3) is 11.1 Å². The molecule has 1 saturated heterocycles. The lowest BCUT2D eigenvalue weighted by Crippen LogP contribution is -2.56. The second kappa shape index (κ2) is 10.0. The molecule has 0 unspecified atom stereocenters. The first-order chi connectivity index (χ1) is 15.2. The predicted octanol–water partition coefficient (Wildman–Crippen LogP) is 2.06. The van der Waals surface area contributed by atoms with Crippen molar-refractivity contribution in [2.45, 2.75) is 25.6 Å². The van der Waals surface area contributed by atoms with Crippen molar-refractivity contribution in [3.63, 3.8) is 0 Å². The van der Waals surface area contributed by atoms with Crippen molar-refractivity contribution in [3.05, 3.63) is 78.6 Å². The quantitative estimate of drug-likeness (QED) is 0.588. The monoisotopic (exact) mass is 417 g/mol. The van der Waals surface area contributed by atoms with Crippen LogP contribution in [0.1, 0.15) is 12.0 Å². The largest absolute Gasteiger partial charge is 0.354 e. The third kappa shape index (κ3) is 5.58. The smallest absolute Gasteiger partial charge is 0.237 e. The lowest BCUT2D eigenvalue weighted by molar-refractivity contribution is -0.134. The fourth-order valence-corrected chi connectivity index (χ4v) is 3.83. The van der Waals surface area contributed by atoms with Gasteiger partial charge < -0.3 is 10.6 Å². The van der Waals surface area contributed by atoms with Crippen LogP contribution in [0.15, 0.2) is 73.1 Å². The zero-order valence-electron chi connectivity index (χ0n) is 17.4. The molecule has 1 atom stereocenters. The number of carbonyl (C=O) groups excluding carboxylic acids is 2. The Morgan fingerprint density at radius 2 is 1.84 bits per heavy atom. The number of rotatable bonds is 8. The molecule has 0 spiro atoms. The summed E-state index contributed by atoms with van der Waals surface area (Å²) in [6.07, 6.45) is 3.71. The van der Waals surface area contributed by atoms with Crippen molar-refractivity contribution in [3.8, 4) is 11.1 Å². The molecule has 0 saturated carbocycles. The number of hydrogen-bond acceptors (Lipinski definition) is 4. The molecule has 2 N–H and O–H groups in total. The lowest BCUT2D eigenvalue weighted by atomic mass is 10.0. The van der Waals surface area contributed by atoms with Crippen LogP contribution < -0.4 is 10.6 Å². The van der Waals surface area contributed by atoms with Crippen molar-refractivity contribution < 1.29 is 9.59 Å². The summed E-state index contributed by atoms with van der Waals surface area (Å²) in [5.41, 5.74) is 3.46. The van der Waals surface area contributed by atoms with Gasteiger partial charge in [-0.15, -0.1) is 0 Å². The first-order valence-corrected chi connectivity index (χ1v) is 10.6. The molecule has 3 aromatic rings. The number of aromatic nitrogens is 2. The van der Waals surface area contributed by atoms with Crippen molar-refractivity contribution in [2.75, 3.05) is 19.6 Å². The maximum Gasteiger partial charge on any atom is 0.237 e. The van der Waals surface area contributed by atoms with Crippen LogP contribution in [0.3, 0.4) is 0 Å². The fourth-order valence-electron chi connectivity index (χ4n) is 3.83. The molecule has 31 heavy (non-hydrogen) atoms. The van der Waals surface area contributed by atoms with Gasteiger partial charge >= 0.3 is 0 Å². The van der Waals surface area contributed by atoms with Crippen molar-refractivity contribution in [2.24, 2.45) is 0 Å². The Morgan fingerprint density at radius 3 is 2.58 bits per heavy atom. The average molecular weight is 418 g/mol. The predicted molar refractivity (Wildman–Crippen MR) is 119 cm³/mol. The van der Waals surface area contributed by atoms with E-state index in [1.165, 1.54) is 5.56 Å². The molecule has 0 aliphatic carbocycles. The molecular weight excluding hydrogens is 390 g/mol. The highest BCUT2D eigenvalue weighted by atomic mass is 16.2. The molecule has 1 aliphatic rings. The highest BCUT2D eigenvalue weighted by molar-refractivity contribution is 5.88. The van der Waals surface area contributed by atoms with E-state index in [9.17, 15) is 9.59 Å². The second-order valence-electron chi connectivity index (χ2n) is 7.66. The molecule has 0 bridgehead atoms. The van der Waals surface area contributed by atoms with E-state index in [1.807, 2.05) is 30.5 Å². The molecule has 7 nitrogen and oxygen atoms in total. The summed E-state index contributed by atoms with van der Waals surface area (Å²) in [5.74, 6) is -0.215. The Morgan fingerprint density at radius 1 is 1.06 bits per heavy atom. The molecule has 2 heterocycles. The van der Waals surface area contributed by atoms with E-state index in [4.69, 9.17) is 0 Å². The van der Waals surface area contributed by atoms with E-state index in [2.05, 4.69) is 57.0 Å². The Bertz CT molecular complexity index is 987. The summed E-state index contributed by atoms with van der Waals surface area (Å²) in [4.78, 5) is 27.0. The maximum atomic E-state index is 12.5. The molecule has 160 valence electrons. The van der Waals surface area contributed by atoms with E-state index in [1.54, 1.807) is 10.9 Å². The lowest BCUT2D eigenvalue weighted by Gasteiger charge is -2.34. The summed E-state index contributed by atoms with van der Waals surface area (Å²) in [6.45, 7) is 3.03. The Balaban J connectivity index is 1.34. The van der Waals surface area contributed by atoms with Crippen molar-refractivity contribution in [1.82, 2.24) is 25.3 Å². The molecular formula is C24H27N5O2. The molecule has 1 aromatic heterocycles. The number of benzene rings is 2. The van der Waals surface area contributed by atoms with Gasteiger partial charge in [0.2, 0.25) is 11.8 Å². The van der Waals surface area contributed by atoms with Gasteiger partial charge in [-0.2, -0.15) is 5.10 Å². The first kappa shape index (κ1) is 20.8. The van der Waals surface area contributed by atoms with Crippen molar-refractivity contribution >= 4 is 11.8 Å². The minimum absolute atomic E-state index is 0.0885. The fraction of sp³-hybridized carbons (Fsp3) is 0.292. The number of nitrogens with zero attached hydrogens (tertiary/aromatic N) is 3. The standard InChI is InChI=1S/C24H27N5O2/c30-23(25-13-16-29-14-4-11-27-29)17-22-24(31)26-12-15-28(22)18-19-7-9-21(10-8-19)20-5-2-1-3-6-20/h1-11,14,22H,12-13,15-18H2,(H,25,30)(H,26,31)/t22-/m0/s1. The van der Waals surface area contributed by atoms with Crippen LogP contribution in [0.4, 0.5) is 0 Å². The van der Waals surface area contributed by atoms with Gasteiger partial charge in [0.25, 0.3) is 0 Å². The molecule has 2 aromatic carbocycles. The van der Waals surface area contributed by atoms with Crippen LogP contribution in [-0.2, 0) is 22.7 Å². The van der Waals surface area contributed by atoms with Gasteiger partial charge in [-0.3, -0.25) is 19.2 Å². The zero-order chi connectivity index (χ0) is 21.5. The summed E-state index contributed by atoms with van der Waals surface area (Å²) < 4.78 is 1.76. The number of amides is 2. The highest BCUT2D eigenvalue weighted by Gasteiger charge is 2.31. The molecule has 4 rings (SSSR count).